The van der Waals surface area contributed by atoms with Gasteiger partial charge in [0.1, 0.15) is 0 Å². The first-order valence-electron chi connectivity index (χ1n) is 7.92. The molecule has 0 bridgehead atoms. The van der Waals surface area contributed by atoms with Crippen LogP contribution in [0.5, 0.6) is 0 Å². The highest BCUT2D eigenvalue weighted by atomic mass is 32.1. The Bertz CT molecular complexity index is 938. The number of alkyl halides is 3. The van der Waals surface area contributed by atoms with Crippen molar-refractivity contribution in [1.29, 1.82) is 0 Å². The zero-order chi connectivity index (χ0) is 19.3. The van der Waals surface area contributed by atoms with Crippen molar-refractivity contribution >= 4 is 28.0 Å². The van der Waals surface area contributed by atoms with Gasteiger partial charge in [-0.05, 0) is 5.56 Å². The predicted octanol–water partition coefficient (Wildman–Crippen LogP) is 5.15. The zero-order valence-corrected chi connectivity index (χ0v) is 14.7. The first-order chi connectivity index (χ1) is 12.9. The Labute approximate surface area is 157 Å². The number of aromatic nitrogens is 1. The van der Waals surface area contributed by atoms with E-state index in [-0.39, 0.29) is 5.71 Å². The fourth-order valence-electron chi connectivity index (χ4n) is 2.27. The van der Waals surface area contributed by atoms with Gasteiger partial charge in [0.05, 0.1) is 17.8 Å². The van der Waals surface area contributed by atoms with Crippen molar-refractivity contribution < 1.29 is 18.0 Å². The molecule has 0 aliphatic rings. The van der Waals surface area contributed by atoms with E-state index in [0.717, 1.165) is 11.3 Å². The van der Waals surface area contributed by atoms with Crippen LogP contribution >= 0.6 is 11.3 Å². The van der Waals surface area contributed by atoms with Crippen LogP contribution in [-0.4, -0.2) is 22.7 Å². The van der Waals surface area contributed by atoms with E-state index in [2.05, 4.69) is 15.5 Å². The van der Waals surface area contributed by atoms with Crippen LogP contribution in [0.4, 0.5) is 18.3 Å². The van der Waals surface area contributed by atoms with Gasteiger partial charge in [-0.2, -0.15) is 18.3 Å². The normalized spacial score (nSPS) is 12.0. The Hall–Kier alpha value is -3.00. The summed E-state index contributed by atoms with van der Waals surface area (Å²) in [6.07, 6.45) is -5.76. The van der Waals surface area contributed by atoms with E-state index in [0.29, 0.717) is 10.7 Å². The number of hydrogen-bond acceptors (Lipinski definition) is 5. The van der Waals surface area contributed by atoms with Crippen LogP contribution in [0.25, 0.3) is 11.3 Å². The predicted molar refractivity (Wildman–Crippen MR) is 99.8 cm³/mol. The highest BCUT2D eigenvalue weighted by Gasteiger charge is 2.38. The summed E-state index contributed by atoms with van der Waals surface area (Å²) in [5, 5.41) is 6.25. The maximum atomic E-state index is 12.6. The highest BCUT2D eigenvalue weighted by molar-refractivity contribution is 7.14. The number of Topliss-reactive ketones (excluding diaryl/α,β-unsaturated/α-hetero) is 1. The number of carbonyl (C=O) groups is 1. The Morgan fingerprint density at radius 3 is 2.30 bits per heavy atom. The molecule has 0 unspecified atom stereocenters. The molecule has 0 saturated heterocycles. The van der Waals surface area contributed by atoms with Crippen molar-refractivity contribution in [2.24, 2.45) is 5.10 Å². The number of thiazole rings is 1. The molecule has 27 heavy (non-hydrogen) atoms. The van der Waals surface area contributed by atoms with Gasteiger partial charge in [-0.3, -0.25) is 10.2 Å². The van der Waals surface area contributed by atoms with E-state index >= 15 is 0 Å². The van der Waals surface area contributed by atoms with E-state index in [1.807, 2.05) is 35.7 Å². The molecule has 2 aromatic carbocycles. The SMILES string of the molecule is O=C(CC(=NNc1nc(-c2ccccc2)cs1)c1ccccc1)C(F)(F)F. The summed E-state index contributed by atoms with van der Waals surface area (Å²) in [5.41, 5.74) is 4.74. The summed E-state index contributed by atoms with van der Waals surface area (Å²) in [7, 11) is 0. The number of rotatable bonds is 6. The van der Waals surface area contributed by atoms with Crippen molar-refractivity contribution in [1.82, 2.24) is 4.98 Å². The molecule has 0 saturated carbocycles. The lowest BCUT2D eigenvalue weighted by atomic mass is 10.1. The third-order valence-electron chi connectivity index (χ3n) is 3.61. The molecule has 3 rings (SSSR count). The van der Waals surface area contributed by atoms with E-state index in [1.54, 1.807) is 30.3 Å². The van der Waals surface area contributed by atoms with E-state index in [9.17, 15) is 18.0 Å². The molecule has 0 atom stereocenters. The lowest BCUT2D eigenvalue weighted by Gasteiger charge is -2.08. The third kappa shape index (κ3) is 5.01. The molecular formula is C19H14F3N3OS. The minimum atomic E-state index is -4.91. The highest BCUT2D eigenvalue weighted by Crippen LogP contribution is 2.25. The molecule has 0 radical (unpaired) electrons. The number of benzene rings is 2. The number of anilines is 1. The number of hydrogen-bond donors (Lipinski definition) is 1. The number of nitrogens with one attached hydrogen (secondary N) is 1. The minimum absolute atomic E-state index is 0.00520. The van der Waals surface area contributed by atoms with Crippen molar-refractivity contribution in [3.05, 3.63) is 71.6 Å². The molecule has 0 aliphatic heterocycles. The van der Waals surface area contributed by atoms with Gasteiger partial charge >= 0.3 is 6.18 Å². The Morgan fingerprint density at radius 2 is 1.67 bits per heavy atom. The average molecular weight is 389 g/mol. The number of ketones is 1. The van der Waals surface area contributed by atoms with Crippen LogP contribution < -0.4 is 5.43 Å². The molecule has 3 aromatic rings. The molecule has 1 N–H and O–H groups in total. The fourth-order valence-corrected chi connectivity index (χ4v) is 2.93. The first-order valence-corrected chi connectivity index (χ1v) is 8.80. The Morgan fingerprint density at radius 1 is 1.04 bits per heavy atom. The summed E-state index contributed by atoms with van der Waals surface area (Å²) in [5.74, 6) is -1.85. The number of nitrogens with zero attached hydrogens (tertiary/aromatic N) is 2. The largest absolute Gasteiger partial charge is 0.450 e. The quantitative estimate of drug-likeness (QED) is 0.469. The van der Waals surface area contributed by atoms with Crippen molar-refractivity contribution in [3.63, 3.8) is 0 Å². The maximum Gasteiger partial charge on any atom is 0.450 e. The maximum absolute atomic E-state index is 12.6. The monoisotopic (exact) mass is 389 g/mol. The topological polar surface area (TPSA) is 54.4 Å². The van der Waals surface area contributed by atoms with Gasteiger partial charge in [0.2, 0.25) is 10.9 Å². The fraction of sp³-hybridized carbons (Fsp3) is 0.105. The summed E-state index contributed by atoms with van der Waals surface area (Å²) in [6.45, 7) is 0. The molecule has 0 aliphatic carbocycles. The molecule has 1 aromatic heterocycles. The van der Waals surface area contributed by atoms with Crippen molar-refractivity contribution in [2.45, 2.75) is 12.6 Å². The summed E-state index contributed by atoms with van der Waals surface area (Å²) in [4.78, 5) is 15.8. The second-order valence-corrected chi connectivity index (χ2v) is 6.40. The van der Waals surface area contributed by atoms with E-state index in [4.69, 9.17) is 0 Å². The van der Waals surface area contributed by atoms with Crippen LogP contribution in [0.1, 0.15) is 12.0 Å². The molecule has 0 amide bonds. The molecule has 0 spiro atoms. The molecule has 4 nitrogen and oxygen atoms in total. The van der Waals surface area contributed by atoms with Crippen molar-refractivity contribution in [2.75, 3.05) is 5.43 Å². The van der Waals surface area contributed by atoms with E-state index in [1.165, 1.54) is 11.3 Å². The first kappa shape index (κ1) is 18.8. The number of hydrazone groups is 1. The van der Waals surface area contributed by atoms with Crippen LogP contribution in [-0.2, 0) is 4.79 Å². The third-order valence-corrected chi connectivity index (χ3v) is 4.36. The molecule has 8 heteroatoms. The molecule has 0 fully saturated rings. The number of carbonyl (C=O) groups excluding carboxylic acids is 1. The van der Waals surface area contributed by atoms with Crippen molar-refractivity contribution in [3.8, 4) is 11.3 Å². The van der Waals surface area contributed by atoms with E-state index < -0.39 is 18.4 Å². The smallest absolute Gasteiger partial charge is 0.289 e. The zero-order valence-electron chi connectivity index (χ0n) is 13.9. The van der Waals surface area contributed by atoms with Crippen LogP contribution in [0.2, 0.25) is 0 Å². The minimum Gasteiger partial charge on any atom is -0.289 e. The van der Waals surface area contributed by atoms with Crippen LogP contribution in [0.3, 0.4) is 0 Å². The standard InChI is InChI=1S/C19H14F3N3OS/c20-19(21,22)17(26)11-15(13-7-3-1-4-8-13)24-25-18-23-16(12-27-18)14-9-5-2-6-10-14/h1-10,12H,11H2,(H,23,25). The summed E-state index contributed by atoms with van der Waals surface area (Å²) >= 11 is 1.27. The van der Waals surface area contributed by atoms with Gasteiger partial charge in [-0.1, -0.05) is 60.7 Å². The lowest BCUT2D eigenvalue weighted by Crippen LogP contribution is -2.26. The molecular weight excluding hydrogens is 375 g/mol. The van der Waals surface area contributed by atoms with Gasteiger partial charge in [0, 0.05) is 10.9 Å². The van der Waals surface area contributed by atoms with Gasteiger partial charge in [-0.25, -0.2) is 4.98 Å². The Kier molecular flexibility index (Phi) is 5.66. The summed E-state index contributed by atoms with van der Waals surface area (Å²) in [6, 6.07) is 17.7. The van der Waals surface area contributed by atoms with Gasteiger partial charge in [-0.15, -0.1) is 11.3 Å². The second-order valence-electron chi connectivity index (χ2n) is 5.54. The van der Waals surface area contributed by atoms with Crippen LogP contribution in [0.15, 0.2) is 71.1 Å². The van der Waals surface area contributed by atoms with Gasteiger partial charge in [0.25, 0.3) is 0 Å². The molecule has 138 valence electrons. The van der Waals surface area contributed by atoms with Gasteiger partial charge < -0.3 is 0 Å². The average Bonchev–Trinajstić information content (AvgIpc) is 3.14. The lowest BCUT2D eigenvalue weighted by molar-refractivity contribution is -0.169. The number of halogens is 3. The second kappa shape index (κ2) is 8.13. The Balaban J connectivity index is 1.82. The van der Waals surface area contributed by atoms with Crippen LogP contribution in [0, 0.1) is 0 Å². The van der Waals surface area contributed by atoms with Gasteiger partial charge in [0.15, 0.2) is 0 Å². The summed E-state index contributed by atoms with van der Waals surface area (Å²) < 4.78 is 37.9. The molecule has 1 heterocycles.